The van der Waals surface area contributed by atoms with E-state index < -0.39 is 11.9 Å². The number of amides is 1. The number of hydrogen-bond acceptors (Lipinski definition) is 5. The van der Waals surface area contributed by atoms with Crippen molar-refractivity contribution in [3.05, 3.63) is 36.4 Å². The summed E-state index contributed by atoms with van der Waals surface area (Å²) in [6.07, 6.45) is 4.20. The highest BCUT2D eigenvalue weighted by atomic mass is 19.1. The van der Waals surface area contributed by atoms with Crippen molar-refractivity contribution in [1.82, 2.24) is 20.2 Å². The summed E-state index contributed by atoms with van der Waals surface area (Å²) in [4.78, 5) is 22.3. The van der Waals surface area contributed by atoms with Crippen LogP contribution in [0.3, 0.4) is 0 Å². The van der Waals surface area contributed by atoms with Crippen molar-refractivity contribution in [2.24, 2.45) is 5.41 Å². The van der Waals surface area contributed by atoms with Crippen molar-refractivity contribution in [2.45, 2.75) is 12.8 Å². The van der Waals surface area contributed by atoms with Crippen LogP contribution in [0, 0.1) is 11.2 Å². The Morgan fingerprint density at radius 1 is 1.32 bits per heavy atom. The lowest BCUT2D eigenvalue weighted by Gasteiger charge is -2.47. The fourth-order valence-electron chi connectivity index (χ4n) is 3.45. The molecule has 0 unspecified atom stereocenters. The van der Waals surface area contributed by atoms with Crippen molar-refractivity contribution in [1.29, 1.82) is 0 Å². The van der Waals surface area contributed by atoms with Crippen LogP contribution in [0.4, 0.5) is 9.18 Å². The van der Waals surface area contributed by atoms with Crippen LogP contribution in [0.15, 0.2) is 25.0 Å². The molecule has 0 saturated carbocycles. The van der Waals surface area contributed by atoms with Gasteiger partial charge in [-0.3, -0.25) is 0 Å². The van der Waals surface area contributed by atoms with Gasteiger partial charge in [-0.25, -0.2) is 19.2 Å². The van der Waals surface area contributed by atoms with Crippen molar-refractivity contribution in [3.8, 4) is 5.88 Å². The number of carbonyl (C=O) groups is 1. The molecule has 1 spiro atoms. The van der Waals surface area contributed by atoms with Crippen LogP contribution in [0.5, 0.6) is 5.88 Å². The molecule has 1 N–H and O–H groups in total. The molecule has 2 aliphatic heterocycles. The number of nitrogens with zero attached hydrogens (tertiary/aromatic N) is 3. The number of halogens is 1. The molecule has 6 nitrogen and oxygen atoms in total. The van der Waals surface area contributed by atoms with E-state index in [0.29, 0.717) is 35.0 Å². The van der Waals surface area contributed by atoms with E-state index in [0.717, 1.165) is 25.9 Å². The molecular formula is C18H19FN4O2. The molecule has 1 amide bonds. The van der Waals surface area contributed by atoms with Crippen molar-refractivity contribution in [2.75, 3.05) is 26.2 Å². The Kier molecular flexibility index (Phi) is 3.88. The highest BCUT2D eigenvalue weighted by Crippen LogP contribution is 2.35. The lowest BCUT2D eigenvalue weighted by Crippen LogP contribution is -2.59. The highest BCUT2D eigenvalue weighted by Gasteiger charge is 2.40. The third-order valence-corrected chi connectivity index (χ3v) is 5.20. The average molecular weight is 342 g/mol. The topological polar surface area (TPSA) is 67.3 Å². The first-order valence-electron chi connectivity index (χ1n) is 8.34. The minimum absolute atomic E-state index is 0.142. The van der Waals surface area contributed by atoms with E-state index in [-0.39, 0.29) is 5.88 Å². The van der Waals surface area contributed by atoms with Crippen LogP contribution in [0.2, 0.25) is 0 Å². The predicted octanol–water partition coefficient (Wildman–Crippen LogP) is 2.60. The number of aromatic nitrogens is 2. The minimum atomic E-state index is -0.424. The quantitative estimate of drug-likeness (QED) is 0.909. The normalized spacial score (nSPS) is 18.8. The molecule has 0 aliphatic carbocycles. The maximum atomic E-state index is 13.9. The number of hydrogen-bond donors (Lipinski definition) is 1. The number of piperidine rings is 1. The summed E-state index contributed by atoms with van der Waals surface area (Å²) in [5, 5.41) is 3.79. The van der Waals surface area contributed by atoms with E-state index in [1.165, 1.54) is 18.5 Å². The van der Waals surface area contributed by atoms with Gasteiger partial charge in [0.1, 0.15) is 12.1 Å². The van der Waals surface area contributed by atoms with Crippen molar-refractivity contribution in [3.63, 3.8) is 0 Å². The molecule has 0 radical (unpaired) electrons. The zero-order valence-electron chi connectivity index (χ0n) is 13.8. The smallest absolute Gasteiger partial charge is 0.390 e. The summed E-state index contributed by atoms with van der Waals surface area (Å²) in [6.45, 7) is 7.00. The molecule has 1 aromatic heterocycles. The Balaban J connectivity index is 1.54. The summed E-state index contributed by atoms with van der Waals surface area (Å²) in [7, 11) is 0. The van der Waals surface area contributed by atoms with E-state index in [4.69, 9.17) is 4.74 Å². The van der Waals surface area contributed by atoms with Crippen LogP contribution < -0.4 is 10.1 Å². The van der Waals surface area contributed by atoms with Crippen molar-refractivity contribution < 1.29 is 13.9 Å². The summed E-state index contributed by atoms with van der Waals surface area (Å²) in [5.41, 5.74) is 1.06. The molecule has 3 heterocycles. The Hall–Kier alpha value is -2.54. The van der Waals surface area contributed by atoms with Gasteiger partial charge in [0.05, 0.1) is 10.9 Å². The van der Waals surface area contributed by atoms with Gasteiger partial charge in [-0.2, -0.15) is 0 Å². The zero-order valence-corrected chi connectivity index (χ0v) is 13.8. The lowest BCUT2D eigenvalue weighted by molar-refractivity contribution is 0.0566. The second-order valence-electron chi connectivity index (χ2n) is 6.73. The molecule has 2 aliphatic rings. The molecule has 4 rings (SSSR count). The molecule has 2 saturated heterocycles. The first-order valence-corrected chi connectivity index (χ1v) is 8.34. The second-order valence-corrected chi connectivity index (χ2v) is 6.73. The number of rotatable bonds is 2. The highest BCUT2D eigenvalue weighted by molar-refractivity contribution is 5.87. The summed E-state index contributed by atoms with van der Waals surface area (Å²) < 4.78 is 19.4. The second kappa shape index (κ2) is 6.07. The van der Waals surface area contributed by atoms with Gasteiger partial charge in [0, 0.05) is 37.8 Å². The third-order valence-electron chi connectivity index (χ3n) is 5.20. The van der Waals surface area contributed by atoms with Gasteiger partial charge >= 0.3 is 6.09 Å². The minimum Gasteiger partial charge on any atom is -0.390 e. The molecular weight excluding hydrogens is 323 g/mol. The Labute approximate surface area is 144 Å². The molecule has 25 heavy (non-hydrogen) atoms. The van der Waals surface area contributed by atoms with E-state index in [9.17, 15) is 9.18 Å². The molecule has 0 atom stereocenters. The predicted molar refractivity (Wildman–Crippen MR) is 91.7 cm³/mol. The average Bonchev–Trinajstić information content (AvgIpc) is 2.60. The Bertz CT molecular complexity index is 840. The SMILES string of the molecule is C=Cc1cc2c(OC(=O)N3CCC4(CC3)CNC4)ncnc2cc1F. The number of carbonyl (C=O) groups excluding carboxylic acids is 1. The van der Waals surface area contributed by atoms with Crippen LogP contribution in [-0.4, -0.2) is 47.1 Å². The van der Waals surface area contributed by atoms with Gasteiger partial charge in [-0.1, -0.05) is 12.7 Å². The van der Waals surface area contributed by atoms with Gasteiger partial charge in [0.25, 0.3) is 0 Å². The van der Waals surface area contributed by atoms with Crippen molar-refractivity contribution >= 4 is 23.1 Å². The largest absolute Gasteiger partial charge is 0.416 e. The maximum absolute atomic E-state index is 13.9. The van der Waals surface area contributed by atoms with Gasteiger partial charge in [-0.15, -0.1) is 0 Å². The first kappa shape index (κ1) is 16.0. The fourth-order valence-corrected chi connectivity index (χ4v) is 3.45. The molecule has 0 bridgehead atoms. The monoisotopic (exact) mass is 342 g/mol. The summed E-state index contributed by atoms with van der Waals surface area (Å²) >= 11 is 0. The van der Waals surface area contributed by atoms with Crippen LogP contribution in [0.25, 0.3) is 17.0 Å². The zero-order chi connectivity index (χ0) is 17.4. The number of ether oxygens (including phenoxy) is 1. The maximum Gasteiger partial charge on any atom is 0.416 e. The summed E-state index contributed by atoms with van der Waals surface area (Å²) in [5.74, 6) is -0.280. The third kappa shape index (κ3) is 2.84. The van der Waals surface area contributed by atoms with E-state index in [2.05, 4.69) is 21.9 Å². The molecule has 1 aromatic carbocycles. The van der Waals surface area contributed by atoms with E-state index in [1.807, 2.05) is 0 Å². The van der Waals surface area contributed by atoms with Gasteiger partial charge < -0.3 is 15.0 Å². The molecule has 7 heteroatoms. The van der Waals surface area contributed by atoms with Gasteiger partial charge in [0.2, 0.25) is 5.88 Å². The number of nitrogens with one attached hydrogen (secondary N) is 1. The molecule has 2 aromatic rings. The van der Waals surface area contributed by atoms with Crippen LogP contribution in [0.1, 0.15) is 18.4 Å². The first-order chi connectivity index (χ1) is 12.1. The lowest BCUT2D eigenvalue weighted by atomic mass is 9.73. The molecule has 2 fully saturated rings. The van der Waals surface area contributed by atoms with Gasteiger partial charge in [0.15, 0.2) is 0 Å². The van der Waals surface area contributed by atoms with Crippen LogP contribution in [-0.2, 0) is 0 Å². The van der Waals surface area contributed by atoms with E-state index >= 15 is 0 Å². The van der Waals surface area contributed by atoms with E-state index in [1.54, 1.807) is 11.0 Å². The van der Waals surface area contributed by atoms with Gasteiger partial charge in [-0.05, 0) is 24.3 Å². The fraction of sp³-hybridized carbons (Fsp3) is 0.389. The Morgan fingerprint density at radius 2 is 2.08 bits per heavy atom. The number of fused-ring (bicyclic) bond motifs is 1. The van der Waals surface area contributed by atoms with Crippen LogP contribution >= 0.6 is 0 Å². The molecule has 130 valence electrons. The number of benzene rings is 1. The number of likely N-dealkylation sites (tertiary alicyclic amines) is 1. The standard InChI is InChI=1S/C18H19FN4O2/c1-2-12-7-13-15(8-14(12)19)21-11-22-16(13)25-17(24)23-5-3-18(4-6-23)9-20-10-18/h2,7-8,11,20H,1,3-6,9-10H2. The Morgan fingerprint density at radius 3 is 2.72 bits per heavy atom. The summed E-state index contributed by atoms with van der Waals surface area (Å²) in [6, 6.07) is 2.84.